The molecular weight excluding hydrogens is 270 g/mol. The molecule has 2 aromatic rings. The van der Waals surface area contributed by atoms with Crippen LogP contribution in [0, 0.1) is 11.3 Å². The molecule has 2 heterocycles. The van der Waals surface area contributed by atoms with E-state index in [1.54, 1.807) is 31.1 Å². The lowest BCUT2D eigenvalue weighted by molar-refractivity contribution is 1.13. The van der Waals surface area contributed by atoms with Gasteiger partial charge in [-0.25, -0.2) is 9.97 Å². The third kappa shape index (κ3) is 2.19. The van der Waals surface area contributed by atoms with Gasteiger partial charge >= 0.3 is 0 Å². The van der Waals surface area contributed by atoms with E-state index in [0.717, 1.165) is 15.6 Å². The maximum absolute atomic E-state index is 9.44. The maximum Gasteiger partial charge on any atom is 0.222 e. The number of thioether (sulfide) groups is 1. The third-order valence-electron chi connectivity index (χ3n) is 2.82. The third-order valence-corrected chi connectivity index (χ3v) is 3.91. The predicted molar refractivity (Wildman–Crippen MR) is 80.0 cm³/mol. The van der Waals surface area contributed by atoms with Crippen LogP contribution in [0.4, 0.5) is 11.6 Å². The minimum atomic E-state index is 0.497. The molecular formula is C14H11N5S. The van der Waals surface area contributed by atoms with Crippen LogP contribution in [0.5, 0.6) is 0 Å². The zero-order valence-electron chi connectivity index (χ0n) is 10.7. The van der Waals surface area contributed by atoms with Crippen LogP contribution < -0.4 is 10.6 Å². The zero-order chi connectivity index (χ0) is 13.9. The molecule has 0 spiro atoms. The summed E-state index contributed by atoms with van der Waals surface area (Å²) >= 11 is 1.54. The molecule has 1 aliphatic rings. The van der Waals surface area contributed by atoms with Crippen molar-refractivity contribution in [2.45, 2.75) is 4.90 Å². The minimum Gasteiger partial charge on any atom is -0.357 e. The Labute approximate surface area is 120 Å². The lowest BCUT2D eigenvalue weighted by atomic mass is 10.2. The second-order valence-corrected chi connectivity index (χ2v) is 5.11. The Kier molecular flexibility index (Phi) is 3.27. The van der Waals surface area contributed by atoms with Gasteiger partial charge in [-0.1, -0.05) is 23.9 Å². The number of para-hydroxylation sites is 1. The second kappa shape index (κ2) is 5.23. The van der Waals surface area contributed by atoms with Crippen LogP contribution in [0.2, 0.25) is 0 Å². The molecule has 0 saturated heterocycles. The smallest absolute Gasteiger partial charge is 0.222 e. The highest BCUT2D eigenvalue weighted by Crippen LogP contribution is 2.43. The van der Waals surface area contributed by atoms with Gasteiger partial charge in [-0.15, -0.1) is 0 Å². The van der Waals surface area contributed by atoms with Crippen molar-refractivity contribution in [1.29, 1.82) is 5.26 Å². The average Bonchev–Trinajstić information content (AvgIpc) is 2.91. The second-order valence-electron chi connectivity index (χ2n) is 4.05. The van der Waals surface area contributed by atoms with Gasteiger partial charge < -0.3 is 10.6 Å². The summed E-state index contributed by atoms with van der Waals surface area (Å²) in [7, 11) is 1.75. The van der Waals surface area contributed by atoms with Gasteiger partial charge in [0.15, 0.2) is 0 Å². The fraction of sp³-hybridized carbons (Fsp3) is 0.0714. The van der Waals surface area contributed by atoms with Gasteiger partial charge in [0.05, 0.1) is 16.4 Å². The van der Waals surface area contributed by atoms with E-state index in [1.165, 1.54) is 0 Å². The van der Waals surface area contributed by atoms with Crippen molar-refractivity contribution in [1.82, 2.24) is 9.97 Å². The quantitative estimate of drug-likeness (QED) is 0.824. The van der Waals surface area contributed by atoms with E-state index in [1.807, 2.05) is 24.3 Å². The molecule has 3 rings (SSSR count). The maximum atomic E-state index is 9.44. The first-order valence-corrected chi connectivity index (χ1v) is 6.83. The molecule has 0 saturated carbocycles. The highest BCUT2D eigenvalue weighted by atomic mass is 32.2. The number of allylic oxidation sites excluding steroid dienone is 1. The summed E-state index contributed by atoms with van der Waals surface area (Å²) in [6.07, 6.45) is 1.64. The first-order chi connectivity index (χ1) is 9.81. The Morgan fingerprint density at radius 2 is 2.20 bits per heavy atom. The fourth-order valence-corrected chi connectivity index (χ4v) is 2.88. The first-order valence-electron chi connectivity index (χ1n) is 6.01. The van der Waals surface area contributed by atoms with Crippen molar-refractivity contribution >= 4 is 29.0 Å². The molecule has 1 aromatic carbocycles. The summed E-state index contributed by atoms with van der Waals surface area (Å²) in [5.74, 6) is 0.497. The Morgan fingerprint density at radius 3 is 2.95 bits per heavy atom. The molecule has 6 heteroatoms. The lowest BCUT2D eigenvalue weighted by Crippen LogP contribution is -2.01. The van der Waals surface area contributed by atoms with Crippen LogP contribution in [0.25, 0.3) is 5.57 Å². The number of hydrogen-bond acceptors (Lipinski definition) is 6. The molecule has 1 aliphatic heterocycles. The molecule has 0 amide bonds. The van der Waals surface area contributed by atoms with Crippen LogP contribution in [0.1, 0.15) is 5.69 Å². The zero-order valence-corrected chi connectivity index (χ0v) is 11.5. The van der Waals surface area contributed by atoms with E-state index in [4.69, 9.17) is 0 Å². The number of rotatable bonds is 2. The molecule has 0 radical (unpaired) electrons. The molecule has 0 aliphatic carbocycles. The standard InChI is InChI=1S/C14H11N5S/c1-16-14-17-7-6-10(19-14)9(8-15)13-18-11-4-2-3-5-12(11)20-13/h2-7,18H,1H3,(H,16,17,19)/b13-9+. The van der Waals surface area contributed by atoms with Crippen molar-refractivity contribution in [2.24, 2.45) is 0 Å². The molecule has 0 atom stereocenters. The van der Waals surface area contributed by atoms with Crippen LogP contribution in [-0.2, 0) is 0 Å². The topological polar surface area (TPSA) is 73.6 Å². The number of benzene rings is 1. The van der Waals surface area contributed by atoms with Crippen LogP contribution in [0.3, 0.4) is 0 Å². The highest BCUT2D eigenvalue weighted by molar-refractivity contribution is 8.04. The van der Waals surface area contributed by atoms with Gasteiger partial charge in [0, 0.05) is 18.1 Å². The van der Waals surface area contributed by atoms with E-state index >= 15 is 0 Å². The molecule has 98 valence electrons. The number of aromatic nitrogens is 2. The number of anilines is 2. The van der Waals surface area contributed by atoms with Crippen molar-refractivity contribution in [3.63, 3.8) is 0 Å². The van der Waals surface area contributed by atoms with Gasteiger partial charge in [-0.3, -0.25) is 0 Å². The highest BCUT2D eigenvalue weighted by Gasteiger charge is 2.20. The predicted octanol–water partition coefficient (Wildman–Crippen LogP) is 2.93. The normalized spacial score (nSPS) is 15.0. The van der Waals surface area contributed by atoms with Crippen molar-refractivity contribution in [3.8, 4) is 6.07 Å². The summed E-state index contributed by atoms with van der Waals surface area (Å²) in [6.45, 7) is 0. The van der Waals surface area contributed by atoms with Gasteiger partial charge in [-0.05, 0) is 18.2 Å². The Hall–Kier alpha value is -2.52. The lowest BCUT2D eigenvalue weighted by Gasteiger charge is -2.05. The first kappa shape index (κ1) is 12.5. The van der Waals surface area contributed by atoms with Gasteiger partial charge in [-0.2, -0.15) is 5.26 Å². The molecule has 20 heavy (non-hydrogen) atoms. The largest absolute Gasteiger partial charge is 0.357 e. The number of nitrogens with zero attached hydrogens (tertiary/aromatic N) is 3. The molecule has 1 aromatic heterocycles. The van der Waals surface area contributed by atoms with Gasteiger partial charge in [0.1, 0.15) is 11.6 Å². The monoisotopic (exact) mass is 281 g/mol. The minimum absolute atomic E-state index is 0.497. The van der Waals surface area contributed by atoms with Crippen molar-refractivity contribution in [3.05, 3.63) is 47.3 Å². The van der Waals surface area contributed by atoms with E-state index in [0.29, 0.717) is 17.2 Å². The van der Waals surface area contributed by atoms with E-state index in [2.05, 4.69) is 26.7 Å². The van der Waals surface area contributed by atoms with Gasteiger partial charge in [0.2, 0.25) is 5.95 Å². The molecule has 2 N–H and O–H groups in total. The van der Waals surface area contributed by atoms with Crippen molar-refractivity contribution < 1.29 is 0 Å². The Balaban J connectivity index is 2.03. The van der Waals surface area contributed by atoms with E-state index in [-0.39, 0.29) is 0 Å². The Morgan fingerprint density at radius 1 is 1.35 bits per heavy atom. The summed E-state index contributed by atoms with van der Waals surface area (Å²) in [5, 5.41) is 16.4. The van der Waals surface area contributed by atoms with Crippen LogP contribution in [0.15, 0.2) is 46.5 Å². The summed E-state index contributed by atoms with van der Waals surface area (Å²) in [5.41, 5.74) is 2.14. The van der Waals surface area contributed by atoms with E-state index < -0.39 is 0 Å². The molecule has 0 unspecified atom stereocenters. The fourth-order valence-electron chi connectivity index (χ4n) is 1.87. The number of fused-ring (bicyclic) bond motifs is 1. The average molecular weight is 281 g/mol. The summed E-state index contributed by atoms with van der Waals surface area (Å²) < 4.78 is 0. The number of nitriles is 1. The molecule has 0 fully saturated rings. The number of hydrogen-bond donors (Lipinski definition) is 2. The van der Waals surface area contributed by atoms with E-state index in [9.17, 15) is 5.26 Å². The SMILES string of the molecule is CNc1nccc(/C(C#N)=C2\Nc3ccccc3S2)n1. The molecule has 0 bridgehead atoms. The van der Waals surface area contributed by atoms with Crippen LogP contribution in [-0.4, -0.2) is 17.0 Å². The molecule has 5 nitrogen and oxygen atoms in total. The van der Waals surface area contributed by atoms with Crippen molar-refractivity contribution in [2.75, 3.05) is 17.7 Å². The Bertz CT molecular complexity index is 705. The summed E-state index contributed by atoms with van der Waals surface area (Å²) in [6, 6.07) is 11.9. The van der Waals surface area contributed by atoms with Crippen LogP contribution >= 0.6 is 11.8 Å². The number of nitrogens with one attached hydrogen (secondary N) is 2. The van der Waals surface area contributed by atoms with Gasteiger partial charge in [0.25, 0.3) is 0 Å². The summed E-state index contributed by atoms with van der Waals surface area (Å²) in [4.78, 5) is 9.48.